The van der Waals surface area contributed by atoms with Gasteiger partial charge in [-0.1, -0.05) is 23.7 Å². The molecule has 1 N–H and O–H groups in total. The molecule has 0 aromatic heterocycles. The Morgan fingerprint density at radius 1 is 1.21 bits per heavy atom. The van der Waals surface area contributed by atoms with Crippen LogP contribution in [0.5, 0.6) is 5.75 Å². The highest BCUT2D eigenvalue weighted by Gasteiger charge is 2.35. The summed E-state index contributed by atoms with van der Waals surface area (Å²) in [4.78, 5) is 14.7. The molecule has 1 aliphatic rings. The van der Waals surface area contributed by atoms with Gasteiger partial charge in [-0.25, -0.2) is 4.79 Å². The Balaban J connectivity index is 1.86. The molecule has 0 aliphatic heterocycles. The summed E-state index contributed by atoms with van der Waals surface area (Å²) in [5, 5.41) is 3.45. The van der Waals surface area contributed by atoms with Gasteiger partial charge in [0, 0.05) is 11.7 Å². The number of para-hydroxylation sites is 1. The van der Waals surface area contributed by atoms with Gasteiger partial charge >= 0.3 is 6.03 Å². The molecule has 0 unspecified atom stereocenters. The second kappa shape index (κ2) is 7.14. The number of hydrogen-bond acceptors (Lipinski definition) is 2. The van der Waals surface area contributed by atoms with E-state index >= 15 is 0 Å². The second-order valence-corrected chi connectivity index (χ2v) is 6.46. The fourth-order valence-corrected chi connectivity index (χ4v) is 2.99. The van der Waals surface area contributed by atoms with Crippen molar-refractivity contribution in [3.8, 4) is 5.75 Å². The number of nitrogens with one attached hydrogen (secondary N) is 1. The van der Waals surface area contributed by atoms with Gasteiger partial charge in [-0.15, -0.1) is 0 Å². The summed E-state index contributed by atoms with van der Waals surface area (Å²) >= 11 is 6.16. The highest BCUT2D eigenvalue weighted by Crippen LogP contribution is 2.37. The van der Waals surface area contributed by atoms with Crippen LogP contribution in [0.15, 0.2) is 48.5 Å². The summed E-state index contributed by atoms with van der Waals surface area (Å²) < 4.78 is 5.20. The Morgan fingerprint density at radius 3 is 2.46 bits per heavy atom. The first kappa shape index (κ1) is 16.7. The number of hydrogen-bond donors (Lipinski definition) is 1. The number of amides is 2. The van der Waals surface area contributed by atoms with Crippen LogP contribution in [-0.2, 0) is 0 Å². The lowest BCUT2D eigenvalue weighted by Gasteiger charge is -2.30. The Kier molecular flexibility index (Phi) is 4.95. The third kappa shape index (κ3) is 3.65. The first-order valence-corrected chi connectivity index (χ1v) is 8.46. The van der Waals surface area contributed by atoms with Crippen molar-refractivity contribution < 1.29 is 9.53 Å². The number of halogens is 1. The predicted octanol–water partition coefficient (Wildman–Crippen LogP) is 5.19. The molecule has 0 heterocycles. The molecule has 4 nitrogen and oxygen atoms in total. The molecule has 2 amide bonds. The fraction of sp³-hybridized carbons (Fsp3) is 0.316. The second-order valence-electron chi connectivity index (χ2n) is 6.06. The Morgan fingerprint density at radius 2 is 1.88 bits per heavy atom. The van der Waals surface area contributed by atoms with Gasteiger partial charge in [0.15, 0.2) is 0 Å². The minimum Gasteiger partial charge on any atom is -0.497 e. The van der Waals surface area contributed by atoms with Crippen molar-refractivity contribution in [2.75, 3.05) is 17.3 Å². The molecule has 24 heavy (non-hydrogen) atoms. The van der Waals surface area contributed by atoms with Crippen LogP contribution in [0, 0.1) is 5.92 Å². The third-order valence-electron chi connectivity index (χ3n) is 4.40. The van der Waals surface area contributed by atoms with Crippen LogP contribution in [0.1, 0.15) is 19.8 Å². The first-order chi connectivity index (χ1) is 11.6. The maximum atomic E-state index is 12.9. The molecular formula is C19H21ClN2O2. The van der Waals surface area contributed by atoms with Crippen molar-refractivity contribution in [1.82, 2.24) is 0 Å². The summed E-state index contributed by atoms with van der Waals surface area (Å²) in [5.74, 6) is 1.31. The normalized spacial score (nSPS) is 14.8. The standard InChI is InChI=1S/C19H21ClN2O2/c1-13(14-7-8-14)22(15-9-11-16(24-2)12-10-15)19(23)21-18-6-4-3-5-17(18)20/h3-6,9-14H,7-8H2,1-2H3,(H,21,23)/t13-/m1/s1. The monoisotopic (exact) mass is 344 g/mol. The van der Waals surface area contributed by atoms with Crippen LogP contribution in [0.2, 0.25) is 5.02 Å². The van der Waals surface area contributed by atoms with Gasteiger partial charge < -0.3 is 10.1 Å². The Labute approximate surface area is 147 Å². The molecule has 1 saturated carbocycles. The molecule has 1 aliphatic carbocycles. The topological polar surface area (TPSA) is 41.6 Å². The molecule has 0 saturated heterocycles. The van der Waals surface area contributed by atoms with Crippen molar-refractivity contribution in [1.29, 1.82) is 0 Å². The van der Waals surface area contributed by atoms with E-state index in [1.54, 1.807) is 24.1 Å². The zero-order valence-electron chi connectivity index (χ0n) is 13.8. The Hall–Kier alpha value is -2.20. The molecule has 2 aromatic rings. The van der Waals surface area contributed by atoms with Crippen molar-refractivity contribution >= 4 is 29.0 Å². The van der Waals surface area contributed by atoms with E-state index in [0.29, 0.717) is 16.6 Å². The van der Waals surface area contributed by atoms with Crippen LogP contribution >= 0.6 is 11.6 Å². The van der Waals surface area contributed by atoms with Crippen LogP contribution in [0.4, 0.5) is 16.2 Å². The van der Waals surface area contributed by atoms with Crippen LogP contribution in [-0.4, -0.2) is 19.2 Å². The number of urea groups is 1. The number of methoxy groups -OCH3 is 1. The highest BCUT2D eigenvalue weighted by atomic mass is 35.5. The fourth-order valence-electron chi connectivity index (χ4n) is 2.81. The molecule has 2 aromatic carbocycles. The van der Waals surface area contributed by atoms with Crippen molar-refractivity contribution in [2.45, 2.75) is 25.8 Å². The van der Waals surface area contributed by atoms with E-state index in [2.05, 4.69) is 12.2 Å². The summed E-state index contributed by atoms with van der Waals surface area (Å²) in [5.41, 5.74) is 1.46. The van der Waals surface area contributed by atoms with Crippen molar-refractivity contribution in [3.05, 3.63) is 53.6 Å². The quantitative estimate of drug-likeness (QED) is 0.811. The SMILES string of the molecule is COc1ccc(N(C(=O)Nc2ccccc2Cl)[C@H](C)C2CC2)cc1. The molecule has 3 rings (SSSR count). The highest BCUT2D eigenvalue weighted by molar-refractivity contribution is 6.33. The van der Waals surface area contributed by atoms with Gasteiger partial charge in [-0.3, -0.25) is 4.90 Å². The molecule has 1 atom stereocenters. The number of carbonyl (C=O) groups excluding carboxylic acids is 1. The summed E-state index contributed by atoms with van der Waals surface area (Å²) in [6, 6.07) is 14.8. The van der Waals surface area contributed by atoms with E-state index in [0.717, 1.165) is 24.3 Å². The van der Waals surface area contributed by atoms with Crippen LogP contribution < -0.4 is 15.0 Å². The third-order valence-corrected chi connectivity index (χ3v) is 4.73. The molecule has 0 radical (unpaired) electrons. The molecule has 0 spiro atoms. The average molecular weight is 345 g/mol. The predicted molar refractivity (Wildman–Crippen MR) is 98.1 cm³/mol. The average Bonchev–Trinajstić information content (AvgIpc) is 3.43. The number of ether oxygens (including phenoxy) is 1. The van der Waals surface area contributed by atoms with Gasteiger partial charge in [0.25, 0.3) is 0 Å². The largest absolute Gasteiger partial charge is 0.497 e. The minimum absolute atomic E-state index is 0.126. The first-order valence-electron chi connectivity index (χ1n) is 8.09. The number of nitrogens with zero attached hydrogens (tertiary/aromatic N) is 1. The van der Waals surface area contributed by atoms with Crippen molar-refractivity contribution in [2.24, 2.45) is 5.92 Å². The zero-order valence-corrected chi connectivity index (χ0v) is 14.6. The van der Waals surface area contributed by atoms with E-state index in [1.807, 2.05) is 36.4 Å². The van der Waals surface area contributed by atoms with E-state index in [-0.39, 0.29) is 12.1 Å². The van der Waals surface area contributed by atoms with Crippen LogP contribution in [0.3, 0.4) is 0 Å². The molecule has 126 valence electrons. The lowest BCUT2D eigenvalue weighted by atomic mass is 10.1. The lowest BCUT2D eigenvalue weighted by Crippen LogP contribution is -2.42. The molecule has 5 heteroatoms. The Bertz CT molecular complexity index is 714. The van der Waals surface area contributed by atoms with Gasteiger partial charge in [-0.05, 0) is 62.1 Å². The molecule has 0 bridgehead atoms. The van der Waals surface area contributed by atoms with Gasteiger partial charge in [-0.2, -0.15) is 0 Å². The molecular weight excluding hydrogens is 324 g/mol. The number of carbonyl (C=O) groups is 1. The smallest absolute Gasteiger partial charge is 0.326 e. The maximum Gasteiger partial charge on any atom is 0.326 e. The van der Waals surface area contributed by atoms with Gasteiger partial charge in [0.1, 0.15) is 5.75 Å². The van der Waals surface area contributed by atoms with E-state index in [9.17, 15) is 4.79 Å². The van der Waals surface area contributed by atoms with E-state index in [1.165, 1.54) is 0 Å². The van der Waals surface area contributed by atoms with Crippen LogP contribution in [0.25, 0.3) is 0 Å². The minimum atomic E-state index is -0.173. The number of benzene rings is 2. The van der Waals surface area contributed by atoms with Crippen molar-refractivity contribution in [3.63, 3.8) is 0 Å². The summed E-state index contributed by atoms with van der Waals surface area (Å²) in [6.45, 7) is 2.09. The number of anilines is 2. The molecule has 1 fully saturated rings. The number of rotatable bonds is 5. The summed E-state index contributed by atoms with van der Waals surface area (Å²) in [7, 11) is 1.63. The maximum absolute atomic E-state index is 12.9. The van der Waals surface area contributed by atoms with E-state index in [4.69, 9.17) is 16.3 Å². The van der Waals surface area contributed by atoms with Gasteiger partial charge in [0.05, 0.1) is 17.8 Å². The summed E-state index contributed by atoms with van der Waals surface area (Å²) in [6.07, 6.45) is 2.32. The lowest BCUT2D eigenvalue weighted by molar-refractivity contribution is 0.254. The zero-order chi connectivity index (χ0) is 17.1. The van der Waals surface area contributed by atoms with E-state index < -0.39 is 0 Å². The van der Waals surface area contributed by atoms with Gasteiger partial charge in [0.2, 0.25) is 0 Å².